The van der Waals surface area contributed by atoms with Crippen molar-refractivity contribution in [1.82, 2.24) is 15.3 Å². The van der Waals surface area contributed by atoms with Crippen molar-refractivity contribution >= 4 is 11.7 Å². The van der Waals surface area contributed by atoms with Crippen LogP contribution in [0.5, 0.6) is 0 Å². The van der Waals surface area contributed by atoms with E-state index in [2.05, 4.69) is 40.1 Å². The number of anilines is 1. The van der Waals surface area contributed by atoms with Crippen LogP contribution in [0.1, 0.15) is 51.6 Å². The molecular weight excluding hydrogens is 252 g/mol. The lowest BCUT2D eigenvalue weighted by molar-refractivity contribution is -0.119. The summed E-state index contributed by atoms with van der Waals surface area (Å²) in [6, 6.07) is 2.34. The molecule has 0 aliphatic carbocycles. The van der Waals surface area contributed by atoms with Gasteiger partial charge in [0, 0.05) is 43.7 Å². The number of amides is 1. The van der Waals surface area contributed by atoms with Gasteiger partial charge in [-0.1, -0.05) is 13.8 Å². The molecule has 5 heteroatoms. The van der Waals surface area contributed by atoms with Crippen molar-refractivity contribution in [3.05, 3.63) is 18.1 Å². The Hall–Kier alpha value is -1.65. The van der Waals surface area contributed by atoms with Gasteiger partial charge in [-0.25, -0.2) is 9.97 Å². The number of hydrogen-bond acceptors (Lipinski definition) is 4. The van der Waals surface area contributed by atoms with Crippen molar-refractivity contribution in [2.75, 3.05) is 18.0 Å². The lowest BCUT2D eigenvalue weighted by atomic mass is 9.99. The molecule has 5 nitrogen and oxygen atoms in total. The first-order valence-corrected chi connectivity index (χ1v) is 7.48. The molecule has 0 bridgehead atoms. The summed E-state index contributed by atoms with van der Waals surface area (Å²) in [6.07, 6.45) is 4.83. The largest absolute Gasteiger partial charge is 0.354 e. The van der Waals surface area contributed by atoms with E-state index in [0.29, 0.717) is 5.92 Å². The van der Waals surface area contributed by atoms with Gasteiger partial charge in [0.1, 0.15) is 12.1 Å². The van der Waals surface area contributed by atoms with Crippen molar-refractivity contribution in [1.29, 1.82) is 0 Å². The van der Waals surface area contributed by atoms with E-state index in [1.807, 2.05) is 0 Å². The first-order valence-electron chi connectivity index (χ1n) is 7.48. The molecule has 1 amide bonds. The second-order valence-electron chi connectivity index (χ2n) is 5.45. The third kappa shape index (κ3) is 3.46. The zero-order valence-electron chi connectivity index (χ0n) is 12.6. The van der Waals surface area contributed by atoms with Crippen molar-refractivity contribution < 1.29 is 4.79 Å². The Bertz CT molecular complexity index is 459. The number of hydrogen-bond donors (Lipinski definition) is 1. The lowest BCUT2D eigenvalue weighted by Gasteiger charge is -2.19. The zero-order chi connectivity index (χ0) is 14.5. The van der Waals surface area contributed by atoms with Crippen LogP contribution in [0.3, 0.4) is 0 Å². The minimum atomic E-state index is 0.0391. The average molecular weight is 276 g/mol. The Balaban J connectivity index is 2.06. The highest BCUT2D eigenvalue weighted by atomic mass is 16.1. The van der Waals surface area contributed by atoms with Gasteiger partial charge >= 0.3 is 0 Å². The number of nitrogens with zero attached hydrogens (tertiary/aromatic N) is 3. The van der Waals surface area contributed by atoms with Gasteiger partial charge in [0.05, 0.1) is 0 Å². The van der Waals surface area contributed by atoms with Gasteiger partial charge in [-0.3, -0.25) is 4.79 Å². The predicted molar refractivity (Wildman–Crippen MR) is 79.8 cm³/mol. The van der Waals surface area contributed by atoms with Crippen LogP contribution >= 0.6 is 0 Å². The molecule has 1 atom stereocenters. The molecule has 110 valence electrons. The monoisotopic (exact) mass is 276 g/mol. The van der Waals surface area contributed by atoms with Gasteiger partial charge in [0.25, 0.3) is 0 Å². The summed E-state index contributed by atoms with van der Waals surface area (Å²) in [6.45, 7) is 7.72. The molecule has 0 aromatic carbocycles. The molecule has 1 aliphatic rings. The third-order valence-corrected chi connectivity index (χ3v) is 4.00. The molecule has 1 N–H and O–H groups in total. The van der Waals surface area contributed by atoms with Gasteiger partial charge in [0.15, 0.2) is 0 Å². The molecule has 2 heterocycles. The van der Waals surface area contributed by atoms with E-state index in [4.69, 9.17) is 0 Å². The van der Waals surface area contributed by atoms with Crippen molar-refractivity contribution in [3.8, 4) is 0 Å². The highest BCUT2D eigenvalue weighted by molar-refractivity contribution is 5.73. The molecule has 1 unspecified atom stereocenters. The first kappa shape index (κ1) is 14.8. The van der Waals surface area contributed by atoms with Crippen molar-refractivity contribution in [2.45, 2.75) is 52.0 Å². The summed E-state index contributed by atoms with van der Waals surface area (Å²) in [4.78, 5) is 22.1. The predicted octanol–water partition coefficient (Wildman–Crippen LogP) is 2.10. The minimum Gasteiger partial charge on any atom is -0.354 e. The van der Waals surface area contributed by atoms with Crippen LogP contribution in [0.15, 0.2) is 12.4 Å². The third-order valence-electron chi connectivity index (χ3n) is 4.00. The molecule has 0 saturated carbocycles. The van der Waals surface area contributed by atoms with Crippen LogP contribution in [-0.4, -0.2) is 35.0 Å². The second kappa shape index (κ2) is 6.68. The normalized spacial score (nSPS) is 18.6. The zero-order valence-corrected chi connectivity index (χ0v) is 12.6. The molecule has 1 saturated heterocycles. The van der Waals surface area contributed by atoms with Crippen LogP contribution in [-0.2, 0) is 4.79 Å². The summed E-state index contributed by atoms with van der Waals surface area (Å²) >= 11 is 0. The standard InChI is InChI=1S/C15H24N4O/c1-4-12(5-2)14-8-15(17-10-16-14)19-7-6-13(9-19)18-11(3)20/h8,10,12-13H,4-7,9H2,1-3H3,(H,18,20). The van der Waals surface area contributed by atoms with Crippen LogP contribution in [0, 0.1) is 0 Å². The molecule has 1 aromatic heterocycles. The van der Waals surface area contributed by atoms with Crippen molar-refractivity contribution in [3.63, 3.8) is 0 Å². The van der Waals surface area contributed by atoms with Crippen LogP contribution < -0.4 is 10.2 Å². The molecular formula is C15H24N4O. The Morgan fingerprint density at radius 2 is 2.20 bits per heavy atom. The fraction of sp³-hybridized carbons (Fsp3) is 0.667. The summed E-state index contributed by atoms with van der Waals surface area (Å²) in [5, 5.41) is 2.98. The first-order chi connectivity index (χ1) is 9.63. The second-order valence-corrected chi connectivity index (χ2v) is 5.45. The SMILES string of the molecule is CCC(CC)c1cc(N2CCC(NC(C)=O)C2)ncn1. The summed E-state index contributed by atoms with van der Waals surface area (Å²) in [5.74, 6) is 1.53. The number of aromatic nitrogens is 2. The van der Waals surface area contributed by atoms with E-state index < -0.39 is 0 Å². The van der Waals surface area contributed by atoms with E-state index in [9.17, 15) is 4.79 Å². The van der Waals surface area contributed by atoms with Gasteiger partial charge < -0.3 is 10.2 Å². The highest BCUT2D eigenvalue weighted by Crippen LogP contribution is 2.25. The molecule has 2 rings (SSSR count). The number of nitrogens with one attached hydrogen (secondary N) is 1. The minimum absolute atomic E-state index is 0.0391. The van der Waals surface area contributed by atoms with Gasteiger partial charge in [-0.05, 0) is 19.3 Å². The average Bonchev–Trinajstić information content (AvgIpc) is 2.88. The Kier molecular flexibility index (Phi) is 4.93. The van der Waals surface area contributed by atoms with Gasteiger partial charge in [-0.15, -0.1) is 0 Å². The molecule has 20 heavy (non-hydrogen) atoms. The fourth-order valence-corrected chi connectivity index (χ4v) is 2.84. The van der Waals surface area contributed by atoms with E-state index in [0.717, 1.165) is 43.9 Å². The smallest absolute Gasteiger partial charge is 0.217 e. The number of carbonyl (C=O) groups excluding carboxylic acids is 1. The maximum atomic E-state index is 11.1. The molecule has 1 aliphatic heterocycles. The molecule has 1 fully saturated rings. The van der Waals surface area contributed by atoms with E-state index in [1.54, 1.807) is 13.3 Å². The highest BCUT2D eigenvalue weighted by Gasteiger charge is 2.24. The van der Waals surface area contributed by atoms with Gasteiger partial charge in [0.2, 0.25) is 5.91 Å². The Morgan fingerprint density at radius 1 is 1.45 bits per heavy atom. The van der Waals surface area contributed by atoms with E-state index in [1.165, 1.54) is 0 Å². The van der Waals surface area contributed by atoms with Crippen LogP contribution in [0.2, 0.25) is 0 Å². The molecule has 0 radical (unpaired) electrons. The summed E-state index contributed by atoms with van der Waals surface area (Å²) in [5.41, 5.74) is 1.13. The number of carbonyl (C=O) groups is 1. The topological polar surface area (TPSA) is 58.1 Å². The maximum absolute atomic E-state index is 11.1. The van der Waals surface area contributed by atoms with Gasteiger partial charge in [-0.2, -0.15) is 0 Å². The molecule has 1 aromatic rings. The fourth-order valence-electron chi connectivity index (χ4n) is 2.84. The van der Waals surface area contributed by atoms with Crippen molar-refractivity contribution in [2.24, 2.45) is 0 Å². The Labute approximate surface area is 120 Å². The van der Waals surface area contributed by atoms with E-state index >= 15 is 0 Å². The quantitative estimate of drug-likeness (QED) is 0.894. The van der Waals surface area contributed by atoms with Crippen LogP contribution in [0.25, 0.3) is 0 Å². The summed E-state index contributed by atoms with van der Waals surface area (Å²) < 4.78 is 0. The molecule has 0 spiro atoms. The number of rotatable bonds is 5. The van der Waals surface area contributed by atoms with Crippen LogP contribution in [0.4, 0.5) is 5.82 Å². The Morgan fingerprint density at radius 3 is 2.85 bits per heavy atom. The maximum Gasteiger partial charge on any atom is 0.217 e. The van der Waals surface area contributed by atoms with E-state index in [-0.39, 0.29) is 11.9 Å². The lowest BCUT2D eigenvalue weighted by Crippen LogP contribution is -2.35. The summed E-state index contributed by atoms with van der Waals surface area (Å²) in [7, 11) is 0.